The fourth-order valence-corrected chi connectivity index (χ4v) is 7.79. The molecule has 2 heterocycles. The molecule has 2 aromatic heterocycles. The van der Waals surface area contributed by atoms with Crippen molar-refractivity contribution < 1.29 is 27.5 Å². The molecule has 1 amide bonds. The number of thiazole rings is 1. The van der Waals surface area contributed by atoms with Crippen LogP contribution in [0.4, 0.5) is 21.1 Å². The van der Waals surface area contributed by atoms with Crippen molar-refractivity contribution in [2.24, 2.45) is 0 Å². The highest BCUT2D eigenvalue weighted by molar-refractivity contribution is 7.89. The number of hydrogen-bond donors (Lipinski definition) is 3. The van der Waals surface area contributed by atoms with E-state index in [2.05, 4.69) is 20.5 Å². The van der Waals surface area contributed by atoms with E-state index >= 15 is 0 Å². The van der Waals surface area contributed by atoms with Crippen molar-refractivity contribution in [2.75, 3.05) is 5.32 Å². The Labute approximate surface area is 269 Å². The highest BCUT2D eigenvalue weighted by Gasteiger charge is 2.29. The van der Waals surface area contributed by atoms with Gasteiger partial charge in [-0.3, -0.25) is 0 Å². The molecular weight excluding hydrogens is 617 g/mol. The third kappa shape index (κ3) is 9.75. The molecule has 0 atom stereocenters. The number of nitrogens with one attached hydrogen (secondary N) is 3. The summed E-state index contributed by atoms with van der Waals surface area (Å²) in [7, 11) is -3.95. The Hall–Kier alpha value is -3.49. The van der Waals surface area contributed by atoms with E-state index in [0.29, 0.717) is 17.1 Å². The zero-order chi connectivity index (χ0) is 33.2. The summed E-state index contributed by atoms with van der Waals surface area (Å²) < 4.78 is 41.8. The number of ether oxygens (including phenoxy) is 2. The Bertz CT molecular complexity index is 1610. The number of benzene rings is 1. The van der Waals surface area contributed by atoms with E-state index in [1.54, 1.807) is 72.0 Å². The molecule has 0 radical (unpaired) electrons. The zero-order valence-electron chi connectivity index (χ0n) is 27.1. The van der Waals surface area contributed by atoms with Crippen LogP contribution < -0.4 is 15.4 Å². The third-order valence-corrected chi connectivity index (χ3v) is 9.67. The average Bonchev–Trinajstić information content (AvgIpc) is 3.57. The molecule has 1 saturated carbocycles. The third-order valence-electron chi connectivity index (χ3n) is 6.68. The molecule has 0 bridgehead atoms. The maximum absolute atomic E-state index is 13.7. The highest BCUT2D eigenvalue weighted by atomic mass is 32.2. The average molecular weight is 661 g/mol. The first kappa shape index (κ1) is 34.4. The van der Waals surface area contributed by atoms with Gasteiger partial charge >= 0.3 is 12.2 Å². The number of carbonyl (C=O) groups excluding carboxylic acids is 2. The van der Waals surface area contributed by atoms with Crippen molar-refractivity contribution in [3.05, 3.63) is 41.7 Å². The van der Waals surface area contributed by atoms with Crippen molar-refractivity contribution in [1.82, 2.24) is 24.8 Å². The number of amides is 1. The van der Waals surface area contributed by atoms with Crippen LogP contribution in [0.5, 0.6) is 0 Å². The molecule has 0 unspecified atom stereocenters. The molecule has 1 aromatic carbocycles. The van der Waals surface area contributed by atoms with E-state index in [0.717, 1.165) is 40.2 Å². The van der Waals surface area contributed by atoms with Gasteiger partial charge in [0.1, 0.15) is 5.60 Å². The van der Waals surface area contributed by atoms with Gasteiger partial charge in [-0.05, 0) is 93.2 Å². The second-order valence-corrected chi connectivity index (χ2v) is 16.2. The number of aromatic nitrogens is 3. The lowest BCUT2D eigenvalue weighted by atomic mass is 9.86. The van der Waals surface area contributed by atoms with Crippen LogP contribution in [0.2, 0.25) is 0 Å². The van der Waals surface area contributed by atoms with Crippen LogP contribution >= 0.6 is 11.3 Å². The van der Waals surface area contributed by atoms with Crippen molar-refractivity contribution >= 4 is 45.1 Å². The highest BCUT2D eigenvalue weighted by Crippen LogP contribution is 2.40. The van der Waals surface area contributed by atoms with Gasteiger partial charge in [0.2, 0.25) is 10.0 Å². The van der Waals surface area contributed by atoms with Crippen molar-refractivity contribution in [1.29, 1.82) is 0 Å². The number of rotatable bonds is 8. The molecule has 0 spiro atoms. The van der Waals surface area contributed by atoms with E-state index in [4.69, 9.17) is 14.5 Å². The molecule has 246 valence electrons. The summed E-state index contributed by atoms with van der Waals surface area (Å²) >= 11 is 1.48. The van der Waals surface area contributed by atoms with Crippen LogP contribution in [0, 0.1) is 0 Å². The molecule has 0 aliphatic heterocycles. The molecule has 3 aromatic rings. The monoisotopic (exact) mass is 660 g/mol. The number of nitrogens with zero attached hydrogens (tertiary/aromatic N) is 3. The van der Waals surface area contributed by atoms with Crippen LogP contribution in [0.25, 0.3) is 10.4 Å². The molecule has 1 fully saturated rings. The van der Waals surface area contributed by atoms with E-state index in [-0.39, 0.29) is 23.0 Å². The summed E-state index contributed by atoms with van der Waals surface area (Å²) in [5.41, 5.74) is -0.369. The smallest absolute Gasteiger partial charge is 0.435 e. The first-order valence-electron chi connectivity index (χ1n) is 15.1. The lowest BCUT2D eigenvalue weighted by Crippen LogP contribution is -2.40. The second-order valence-electron chi connectivity index (χ2n) is 13.5. The SMILES string of the molecule is CC(C)OC(=O)NC1CCC(c2ncc(-c3ccc(Nc4ccn(C(=O)OC(C)(C)C)n4)cc3S(=O)(=O)NC(C)(C)C)s2)CC1. The first-order valence-corrected chi connectivity index (χ1v) is 17.4. The molecule has 14 heteroatoms. The minimum Gasteiger partial charge on any atom is -0.447 e. The minimum absolute atomic E-state index is 0.0581. The normalized spacial score (nSPS) is 17.6. The fraction of sp³-hybridized carbons (Fsp3) is 0.548. The number of anilines is 2. The topological polar surface area (TPSA) is 154 Å². The molecule has 3 N–H and O–H groups in total. The maximum atomic E-state index is 13.7. The van der Waals surface area contributed by atoms with Crippen molar-refractivity contribution in [2.45, 2.75) is 115 Å². The number of hydrogen-bond acceptors (Lipinski definition) is 10. The van der Waals surface area contributed by atoms with Gasteiger partial charge in [-0.1, -0.05) is 6.07 Å². The number of alkyl carbamates (subject to hydrolysis) is 1. The van der Waals surface area contributed by atoms with Gasteiger partial charge in [-0.25, -0.2) is 27.7 Å². The molecule has 45 heavy (non-hydrogen) atoms. The van der Waals surface area contributed by atoms with Gasteiger partial charge in [-0.2, -0.15) is 4.68 Å². The summed E-state index contributed by atoms with van der Waals surface area (Å²) in [4.78, 5) is 29.9. The van der Waals surface area contributed by atoms with Crippen LogP contribution in [-0.4, -0.2) is 58.7 Å². The summed E-state index contributed by atoms with van der Waals surface area (Å²) in [5, 5.41) is 11.2. The molecule has 1 aliphatic carbocycles. The van der Waals surface area contributed by atoms with Crippen molar-refractivity contribution in [3.8, 4) is 10.4 Å². The van der Waals surface area contributed by atoms with Crippen LogP contribution in [-0.2, 0) is 19.5 Å². The molecule has 4 rings (SSSR count). The van der Waals surface area contributed by atoms with Gasteiger partial charge in [0.15, 0.2) is 5.82 Å². The summed E-state index contributed by atoms with van der Waals surface area (Å²) in [6.07, 6.45) is 5.35. The van der Waals surface area contributed by atoms with Gasteiger partial charge in [-0.15, -0.1) is 16.4 Å². The Balaban J connectivity index is 1.55. The molecule has 0 saturated heterocycles. The minimum atomic E-state index is -3.95. The standard InChI is InChI=1S/C31H44N6O6S2/c1-19(2)42-28(38)34-21-11-9-20(10-12-21)27-32-18-24(44-27)23-14-13-22(17-25(23)45(40,41)36-30(3,4)5)33-26-15-16-37(35-26)29(39)43-31(6,7)8/h13-21,36H,9-12H2,1-8H3,(H,33,35)(H,34,38). The Morgan fingerprint density at radius 1 is 1.04 bits per heavy atom. The molecule has 1 aliphatic rings. The largest absolute Gasteiger partial charge is 0.447 e. The van der Waals surface area contributed by atoms with Gasteiger partial charge in [0, 0.05) is 47.2 Å². The van der Waals surface area contributed by atoms with Crippen molar-refractivity contribution in [3.63, 3.8) is 0 Å². The fourth-order valence-electron chi connectivity index (χ4n) is 4.93. The summed E-state index contributed by atoms with van der Waals surface area (Å²) in [6, 6.07) is 6.74. The predicted octanol–water partition coefficient (Wildman–Crippen LogP) is 6.77. The number of carbonyl (C=O) groups is 2. The van der Waals surface area contributed by atoms with Gasteiger partial charge in [0.05, 0.1) is 20.9 Å². The first-order chi connectivity index (χ1) is 20.9. The zero-order valence-corrected chi connectivity index (χ0v) is 28.8. The Kier molecular flexibility index (Phi) is 10.3. The van der Waals surface area contributed by atoms with E-state index < -0.39 is 33.3 Å². The number of sulfonamides is 1. The lowest BCUT2D eigenvalue weighted by molar-refractivity contribution is 0.0514. The lowest BCUT2D eigenvalue weighted by Gasteiger charge is -2.28. The molecule has 12 nitrogen and oxygen atoms in total. The maximum Gasteiger partial charge on any atom is 0.435 e. The van der Waals surface area contributed by atoms with E-state index in [1.165, 1.54) is 17.5 Å². The Morgan fingerprint density at radius 2 is 1.73 bits per heavy atom. The summed E-state index contributed by atoms with van der Waals surface area (Å²) in [5.74, 6) is 0.570. The second kappa shape index (κ2) is 13.5. The van der Waals surface area contributed by atoms with Crippen LogP contribution in [0.1, 0.15) is 92.0 Å². The van der Waals surface area contributed by atoms with Gasteiger partial charge in [0.25, 0.3) is 0 Å². The van der Waals surface area contributed by atoms with E-state index in [9.17, 15) is 18.0 Å². The Morgan fingerprint density at radius 3 is 2.36 bits per heavy atom. The van der Waals surface area contributed by atoms with Crippen LogP contribution in [0.3, 0.4) is 0 Å². The predicted molar refractivity (Wildman–Crippen MR) is 175 cm³/mol. The molecular formula is C31H44N6O6S2. The quantitative estimate of drug-likeness (QED) is 0.237. The summed E-state index contributed by atoms with van der Waals surface area (Å²) in [6.45, 7) is 14.3. The van der Waals surface area contributed by atoms with E-state index in [1.807, 2.05) is 13.8 Å². The van der Waals surface area contributed by atoms with Crippen LogP contribution in [0.15, 0.2) is 41.6 Å². The van der Waals surface area contributed by atoms with Gasteiger partial charge < -0.3 is 20.1 Å².